The highest BCUT2D eigenvalue weighted by Crippen LogP contribution is 2.30. The van der Waals surface area contributed by atoms with Gasteiger partial charge in [0, 0.05) is 22.9 Å². The molecule has 172 valence electrons. The minimum absolute atomic E-state index is 0.432. The number of nitrogens with two attached hydrogens (primary N) is 1. The molecule has 2 amide bonds. The number of aromatic amines is 1. The quantitative estimate of drug-likeness (QED) is 0.236. The molecule has 0 saturated carbocycles. The summed E-state index contributed by atoms with van der Waals surface area (Å²) in [6.45, 7) is 4.81. The summed E-state index contributed by atoms with van der Waals surface area (Å²) in [5.41, 5.74) is 8.36. The number of nitrogens with one attached hydrogen (secondary N) is 4. The monoisotopic (exact) mass is 466 g/mol. The molecule has 0 saturated heterocycles. The number of amides is 2. The number of unbranched alkanes of at least 4 members (excludes halogenated alkanes) is 1. The van der Waals surface area contributed by atoms with Gasteiger partial charge in [0.25, 0.3) is 0 Å². The molecule has 10 heteroatoms. The SMILES string of the molecule is CCCCNC(N)=O.Cc1ccc(Nc2[nH]nc3ncnc(Nc4cccc(Cl)c4)c23)cc1. The lowest BCUT2D eigenvalue weighted by Crippen LogP contribution is -2.29. The standard InChI is InChI=1S/C18H15ClN6.C5H12N2O/c1-11-5-7-13(8-6-11)22-18-15-16(20-10-21-17(15)24-25-18)23-14-4-2-3-12(19)9-14;1-2-3-4-7-5(6)8/h2-10H,1H3,(H3,20,21,22,23,24,25);2-4H2,1H3,(H3,6,7,8). The predicted octanol–water partition coefficient (Wildman–Crippen LogP) is 5.26. The fraction of sp³-hybridized carbons (Fsp3) is 0.217. The maximum Gasteiger partial charge on any atom is 0.312 e. The molecule has 6 N–H and O–H groups in total. The summed E-state index contributed by atoms with van der Waals surface area (Å²) in [5, 5.41) is 17.8. The Hall–Kier alpha value is -3.85. The Morgan fingerprint density at radius 1 is 1.09 bits per heavy atom. The molecule has 4 rings (SSSR count). The lowest BCUT2D eigenvalue weighted by molar-refractivity contribution is 0.249. The number of anilines is 4. The Kier molecular flexibility index (Phi) is 8.43. The lowest BCUT2D eigenvalue weighted by atomic mass is 10.2. The predicted molar refractivity (Wildman–Crippen MR) is 133 cm³/mol. The number of aryl methyl sites for hydroxylation is 1. The van der Waals surface area contributed by atoms with Gasteiger partial charge in [-0.1, -0.05) is 48.7 Å². The van der Waals surface area contributed by atoms with Crippen molar-refractivity contribution in [2.75, 3.05) is 17.2 Å². The normalized spacial score (nSPS) is 10.3. The van der Waals surface area contributed by atoms with Crippen molar-refractivity contribution in [3.8, 4) is 0 Å². The van der Waals surface area contributed by atoms with Crippen molar-refractivity contribution in [3.05, 3.63) is 65.4 Å². The maximum atomic E-state index is 9.99. The van der Waals surface area contributed by atoms with Gasteiger partial charge < -0.3 is 21.7 Å². The first-order chi connectivity index (χ1) is 16.0. The average molecular weight is 467 g/mol. The van der Waals surface area contributed by atoms with Gasteiger partial charge in [-0.3, -0.25) is 5.10 Å². The smallest absolute Gasteiger partial charge is 0.312 e. The van der Waals surface area contributed by atoms with E-state index in [0.29, 0.717) is 23.0 Å². The molecular formula is C23H27ClN8O. The summed E-state index contributed by atoms with van der Waals surface area (Å²) in [4.78, 5) is 18.6. The highest BCUT2D eigenvalue weighted by Gasteiger charge is 2.13. The number of primary amides is 1. The molecule has 0 atom stereocenters. The van der Waals surface area contributed by atoms with Crippen molar-refractivity contribution in [1.29, 1.82) is 0 Å². The van der Waals surface area contributed by atoms with Gasteiger partial charge in [-0.05, 0) is 43.7 Å². The summed E-state index contributed by atoms with van der Waals surface area (Å²) in [7, 11) is 0. The number of hydrogen-bond acceptors (Lipinski definition) is 6. The maximum absolute atomic E-state index is 9.99. The summed E-state index contributed by atoms with van der Waals surface area (Å²) in [6, 6.07) is 15.1. The summed E-state index contributed by atoms with van der Waals surface area (Å²) in [6.07, 6.45) is 3.56. The van der Waals surface area contributed by atoms with E-state index in [1.807, 2.05) is 48.5 Å². The van der Waals surface area contributed by atoms with Crippen molar-refractivity contribution < 1.29 is 4.79 Å². The lowest BCUT2D eigenvalue weighted by Gasteiger charge is -2.09. The van der Waals surface area contributed by atoms with Crippen LogP contribution in [-0.2, 0) is 0 Å². The summed E-state index contributed by atoms with van der Waals surface area (Å²) < 4.78 is 0. The van der Waals surface area contributed by atoms with E-state index in [1.165, 1.54) is 11.9 Å². The largest absolute Gasteiger partial charge is 0.352 e. The molecule has 0 radical (unpaired) electrons. The summed E-state index contributed by atoms with van der Waals surface area (Å²) in [5.74, 6) is 1.37. The van der Waals surface area contributed by atoms with Crippen molar-refractivity contribution in [1.82, 2.24) is 25.5 Å². The molecule has 2 aromatic carbocycles. The van der Waals surface area contributed by atoms with E-state index >= 15 is 0 Å². The van der Waals surface area contributed by atoms with E-state index in [2.05, 4.69) is 50.0 Å². The Bertz CT molecular complexity index is 1190. The third-order valence-corrected chi connectivity index (χ3v) is 4.82. The van der Waals surface area contributed by atoms with Crippen LogP contribution in [0.2, 0.25) is 5.02 Å². The second-order valence-corrected chi connectivity index (χ2v) is 7.73. The second kappa shape index (κ2) is 11.7. The van der Waals surface area contributed by atoms with E-state index < -0.39 is 6.03 Å². The Balaban J connectivity index is 0.000000331. The van der Waals surface area contributed by atoms with Gasteiger partial charge in [-0.15, -0.1) is 0 Å². The van der Waals surface area contributed by atoms with E-state index in [0.717, 1.165) is 35.4 Å². The van der Waals surface area contributed by atoms with Gasteiger partial charge >= 0.3 is 6.03 Å². The fourth-order valence-electron chi connectivity index (χ4n) is 2.91. The number of halogens is 1. The van der Waals surface area contributed by atoms with Crippen LogP contribution in [0.15, 0.2) is 54.9 Å². The minimum atomic E-state index is -0.432. The van der Waals surface area contributed by atoms with Crippen molar-refractivity contribution in [2.24, 2.45) is 5.73 Å². The van der Waals surface area contributed by atoms with Crippen LogP contribution < -0.4 is 21.7 Å². The average Bonchev–Trinajstić information content (AvgIpc) is 3.20. The molecule has 9 nitrogen and oxygen atoms in total. The van der Waals surface area contributed by atoms with Gasteiger partial charge in [0.15, 0.2) is 5.65 Å². The van der Waals surface area contributed by atoms with Crippen LogP contribution in [0, 0.1) is 6.92 Å². The number of aromatic nitrogens is 4. The van der Waals surface area contributed by atoms with Gasteiger partial charge in [0.05, 0.1) is 0 Å². The first kappa shape index (κ1) is 23.8. The van der Waals surface area contributed by atoms with Gasteiger partial charge in [0.1, 0.15) is 23.3 Å². The fourth-order valence-corrected chi connectivity index (χ4v) is 3.10. The number of fused-ring (bicyclic) bond motifs is 1. The van der Waals surface area contributed by atoms with Crippen LogP contribution in [0.3, 0.4) is 0 Å². The number of H-pyrrole nitrogens is 1. The number of hydrogen-bond donors (Lipinski definition) is 5. The van der Waals surface area contributed by atoms with Crippen LogP contribution in [-0.4, -0.2) is 32.7 Å². The molecule has 2 heterocycles. The third kappa shape index (κ3) is 7.08. The molecule has 0 unspecified atom stereocenters. The van der Waals surface area contributed by atoms with Crippen LogP contribution in [0.1, 0.15) is 25.3 Å². The van der Waals surface area contributed by atoms with Gasteiger partial charge in [-0.2, -0.15) is 5.10 Å². The topological polar surface area (TPSA) is 134 Å². The van der Waals surface area contributed by atoms with E-state index in [-0.39, 0.29) is 0 Å². The first-order valence-electron chi connectivity index (χ1n) is 10.5. The van der Waals surface area contributed by atoms with Crippen LogP contribution in [0.4, 0.5) is 27.8 Å². The molecule has 0 aliphatic heterocycles. The number of nitrogens with zero attached hydrogens (tertiary/aromatic N) is 3. The molecule has 2 aromatic heterocycles. The molecule has 0 bridgehead atoms. The Labute approximate surface area is 197 Å². The minimum Gasteiger partial charge on any atom is -0.352 e. The molecule has 0 aliphatic rings. The number of carbonyl (C=O) groups is 1. The van der Waals surface area contributed by atoms with Crippen LogP contribution in [0.25, 0.3) is 11.0 Å². The highest BCUT2D eigenvalue weighted by atomic mass is 35.5. The van der Waals surface area contributed by atoms with Crippen LogP contribution >= 0.6 is 11.6 Å². The number of urea groups is 1. The van der Waals surface area contributed by atoms with Crippen molar-refractivity contribution in [2.45, 2.75) is 26.7 Å². The zero-order valence-electron chi connectivity index (χ0n) is 18.5. The number of carbonyl (C=O) groups excluding carboxylic acids is 1. The first-order valence-corrected chi connectivity index (χ1v) is 10.9. The Morgan fingerprint density at radius 2 is 1.88 bits per heavy atom. The van der Waals surface area contributed by atoms with Gasteiger partial charge in [0.2, 0.25) is 0 Å². The van der Waals surface area contributed by atoms with Crippen molar-refractivity contribution in [3.63, 3.8) is 0 Å². The molecule has 4 aromatic rings. The van der Waals surface area contributed by atoms with Crippen LogP contribution in [0.5, 0.6) is 0 Å². The van der Waals surface area contributed by atoms with E-state index in [1.54, 1.807) is 0 Å². The molecule has 0 fully saturated rings. The zero-order valence-corrected chi connectivity index (χ0v) is 19.3. The summed E-state index contributed by atoms with van der Waals surface area (Å²) >= 11 is 6.06. The highest BCUT2D eigenvalue weighted by molar-refractivity contribution is 6.30. The van der Waals surface area contributed by atoms with Gasteiger partial charge in [-0.25, -0.2) is 14.8 Å². The zero-order chi connectivity index (χ0) is 23.6. The molecule has 0 spiro atoms. The van der Waals surface area contributed by atoms with E-state index in [9.17, 15) is 4.79 Å². The third-order valence-electron chi connectivity index (χ3n) is 4.59. The van der Waals surface area contributed by atoms with Crippen molar-refractivity contribution >= 4 is 51.7 Å². The second-order valence-electron chi connectivity index (χ2n) is 7.29. The molecular weight excluding hydrogens is 440 g/mol. The number of benzene rings is 2. The van der Waals surface area contributed by atoms with E-state index in [4.69, 9.17) is 17.3 Å². The number of rotatable bonds is 7. The molecule has 0 aliphatic carbocycles. The molecule has 33 heavy (non-hydrogen) atoms. The Morgan fingerprint density at radius 3 is 2.58 bits per heavy atom.